The number of aliphatic hydroxyl groups excluding tert-OH is 1. The van der Waals surface area contributed by atoms with Crippen LogP contribution in [0.25, 0.3) is 0 Å². The van der Waals surface area contributed by atoms with E-state index < -0.39 is 46.0 Å². The fourth-order valence-corrected chi connectivity index (χ4v) is 4.34. The third-order valence-electron chi connectivity index (χ3n) is 3.56. The average molecular weight is 310 g/mol. The molecule has 2 aliphatic heterocycles. The Hall–Kier alpha value is -0.280. The fourth-order valence-electron chi connectivity index (χ4n) is 2.62. The van der Waals surface area contributed by atoms with Crippen LogP contribution in [0.3, 0.4) is 0 Å². The average Bonchev–Trinajstić information content (AvgIpc) is 2.56. The molecule has 0 radical (unpaired) electrons. The molecular weight excluding hydrogens is 295 g/mol. The first-order chi connectivity index (χ1) is 8.72. The minimum Gasteiger partial charge on any atom is -0.548 e. The summed E-state index contributed by atoms with van der Waals surface area (Å²) in [6.07, 6.45) is -1.46. The molecule has 7 nitrogen and oxygen atoms in total. The molecule has 9 heteroatoms. The van der Waals surface area contributed by atoms with Crippen molar-refractivity contribution in [1.29, 1.82) is 0 Å². The van der Waals surface area contributed by atoms with Crippen molar-refractivity contribution in [2.45, 2.75) is 36.1 Å². The Bertz CT molecular complexity index is 458. The molecule has 0 saturated carbocycles. The van der Waals surface area contributed by atoms with Gasteiger partial charge in [0.05, 0.1) is 17.4 Å². The van der Waals surface area contributed by atoms with Crippen LogP contribution in [0.1, 0.15) is 13.8 Å². The maximum atomic E-state index is 12.0. The number of carbonyl (C=O) groups is 3. The van der Waals surface area contributed by atoms with Crippen LogP contribution in [0.2, 0.25) is 0 Å². The van der Waals surface area contributed by atoms with E-state index in [4.69, 9.17) is 0 Å². The number of fused-ring (bicyclic) bond motifs is 1. The normalized spacial score (nSPS) is 31.7. The molecule has 0 aromatic rings. The number of carboxylic acids is 1. The summed E-state index contributed by atoms with van der Waals surface area (Å²) in [6.45, 7) is 3.40. The summed E-state index contributed by atoms with van der Waals surface area (Å²) < 4.78 is -0.712. The molecule has 0 aliphatic carbocycles. The Morgan fingerprint density at radius 1 is 1.50 bits per heavy atom. The first-order valence-electron chi connectivity index (χ1n) is 5.83. The molecule has 106 valence electrons. The van der Waals surface area contributed by atoms with E-state index >= 15 is 0 Å². The van der Waals surface area contributed by atoms with Gasteiger partial charge in [-0.3, -0.25) is 9.59 Å². The van der Waals surface area contributed by atoms with Gasteiger partial charge in [-0.2, -0.15) is 0 Å². The van der Waals surface area contributed by atoms with Crippen molar-refractivity contribution in [1.82, 2.24) is 10.2 Å². The molecular formula is C11H15N2NaO5S. The first-order valence-corrected chi connectivity index (χ1v) is 6.71. The number of likely N-dealkylation sites (N-methyl/N-ethyl adjacent to an activating group) is 1. The van der Waals surface area contributed by atoms with Crippen LogP contribution in [-0.2, 0) is 14.4 Å². The number of carboxylic acid groups (broad SMARTS) is 1. The minimum atomic E-state index is -1.46. The Morgan fingerprint density at radius 2 is 2.05 bits per heavy atom. The van der Waals surface area contributed by atoms with E-state index in [0.717, 1.165) is 0 Å². The maximum absolute atomic E-state index is 12.0. The molecule has 2 rings (SSSR count). The number of thioether (sulfide) groups is 1. The quantitative estimate of drug-likeness (QED) is 0.398. The summed E-state index contributed by atoms with van der Waals surface area (Å²) in [6, 6.07) is -1.04. The van der Waals surface area contributed by atoms with Crippen molar-refractivity contribution in [2.75, 3.05) is 7.05 Å². The minimum absolute atomic E-state index is 0. The van der Waals surface area contributed by atoms with Gasteiger partial charge in [0, 0.05) is 11.8 Å². The van der Waals surface area contributed by atoms with Crippen LogP contribution < -0.4 is 40.0 Å². The molecule has 2 N–H and O–H groups in total. The van der Waals surface area contributed by atoms with E-state index in [-0.39, 0.29) is 29.6 Å². The monoisotopic (exact) mass is 310 g/mol. The van der Waals surface area contributed by atoms with Gasteiger partial charge in [0.25, 0.3) is 0 Å². The van der Waals surface area contributed by atoms with Crippen molar-refractivity contribution in [3.63, 3.8) is 0 Å². The van der Waals surface area contributed by atoms with E-state index in [0.29, 0.717) is 0 Å². The largest absolute Gasteiger partial charge is 1.00 e. The Labute approximate surface area is 142 Å². The summed E-state index contributed by atoms with van der Waals surface area (Å²) in [4.78, 5) is 35.7. The standard InChI is InChI=1S/C11H16N2O5S.Na/c1-11(2)6(10(17)18)13-8(16)4(9(13)19-11)5(14)7(15)12-3;/h4-6,9,14H,1-3H3,(H,12,15)(H,17,18);/q;+1/p-1/t4-,5+,6+,9-;/m1./s1. The van der Waals surface area contributed by atoms with Gasteiger partial charge in [-0.05, 0) is 13.8 Å². The molecule has 2 heterocycles. The molecule has 20 heavy (non-hydrogen) atoms. The zero-order valence-corrected chi connectivity index (χ0v) is 14.6. The van der Waals surface area contributed by atoms with E-state index in [2.05, 4.69) is 5.32 Å². The predicted molar refractivity (Wildman–Crippen MR) is 64.7 cm³/mol. The number of aliphatic carboxylic acids is 1. The van der Waals surface area contributed by atoms with Crippen LogP contribution in [-0.4, -0.2) is 57.1 Å². The number of β-lactam (4-membered cyclic amide) rings is 1. The molecule has 2 aliphatic rings. The fraction of sp³-hybridized carbons (Fsp3) is 0.727. The van der Waals surface area contributed by atoms with E-state index in [1.54, 1.807) is 13.8 Å². The van der Waals surface area contributed by atoms with Gasteiger partial charge in [0.2, 0.25) is 11.8 Å². The molecule has 0 unspecified atom stereocenters. The van der Waals surface area contributed by atoms with E-state index in [1.807, 2.05) is 0 Å². The van der Waals surface area contributed by atoms with E-state index in [1.165, 1.54) is 23.7 Å². The van der Waals surface area contributed by atoms with Gasteiger partial charge in [0.15, 0.2) is 0 Å². The van der Waals surface area contributed by atoms with Crippen LogP contribution in [0.5, 0.6) is 0 Å². The smallest absolute Gasteiger partial charge is 0.548 e. The second-order valence-corrected chi connectivity index (χ2v) is 6.93. The van der Waals surface area contributed by atoms with E-state index in [9.17, 15) is 24.6 Å². The molecule has 2 amide bonds. The number of hydrogen-bond acceptors (Lipinski definition) is 6. The summed E-state index contributed by atoms with van der Waals surface area (Å²) in [5.41, 5.74) is 0. The summed E-state index contributed by atoms with van der Waals surface area (Å²) in [5, 5.41) is 22.7. The Balaban J connectivity index is 0.00000200. The number of amides is 2. The molecule has 0 aromatic heterocycles. The number of carbonyl (C=O) groups excluding carboxylic acids is 3. The van der Waals surface area contributed by atoms with Crippen molar-refractivity contribution in [3.8, 4) is 0 Å². The molecule has 4 atom stereocenters. The zero-order valence-electron chi connectivity index (χ0n) is 11.7. The van der Waals surface area contributed by atoms with Crippen molar-refractivity contribution in [3.05, 3.63) is 0 Å². The van der Waals surface area contributed by atoms with Crippen molar-refractivity contribution >= 4 is 29.5 Å². The summed E-state index contributed by atoms with van der Waals surface area (Å²) >= 11 is 1.27. The molecule has 2 fully saturated rings. The second kappa shape index (κ2) is 5.84. The summed E-state index contributed by atoms with van der Waals surface area (Å²) in [5.74, 6) is -3.38. The van der Waals surface area contributed by atoms with Crippen LogP contribution in [0.15, 0.2) is 0 Å². The van der Waals surface area contributed by atoms with Gasteiger partial charge < -0.3 is 25.2 Å². The number of aliphatic hydroxyl groups is 1. The van der Waals surface area contributed by atoms with Crippen LogP contribution >= 0.6 is 11.8 Å². The maximum Gasteiger partial charge on any atom is 1.00 e. The zero-order chi connectivity index (χ0) is 14.5. The number of hydrogen-bond donors (Lipinski definition) is 2. The molecule has 0 aromatic carbocycles. The van der Waals surface area contributed by atoms with Gasteiger partial charge in [-0.25, -0.2) is 0 Å². The number of nitrogens with zero attached hydrogens (tertiary/aromatic N) is 1. The van der Waals surface area contributed by atoms with Gasteiger partial charge in [-0.1, -0.05) is 0 Å². The first kappa shape index (κ1) is 17.8. The second-order valence-electron chi connectivity index (χ2n) is 5.16. The Morgan fingerprint density at radius 3 is 2.50 bits per heavy atom. The predicted octanol–water partition coefficient (Wildman–Crippen LogP) is -5.47. The number of rotatable bonds is 3. The van der Waals surface area contributed by atoms with Gasteiger partial charge >= 0.3 is 29.6 Å². The van der Waals surface area contributed by atoms with Crippen molar-refractivity contribution in [2.24, 2.45) is 5.92 Å². The summed E-state index contributed by atoms with van der Waals surface area (Å²) in [7, 11) is 1.36. The third kappa shape index (κ3) is 2.48. The molecule has 2 saturated heterocycles. The molecule has 0 bridgehead atoms. The third-order valence-corrected chi connectivity index (χ3v) is 5.15. The SMILES string of the molecule is CNC(=O)[C@@H](O)[C@@H]1C(=O)N2[C@@H]1SC(C)(C)[C@@H]2C(=O)[O-].[Na+]. The number of nitrogens with one attached hydrogen (secondary N) is 1. The molecule has 0 spiro atoms. The Kier molecular flexibility index (Phi) is 5.19. The topological polar surface area (TPSA) is 110 Å². The van der Waals surface area contributed by atoms with Crippen LogP contribution in [0, 0.1) is 5.92 Å². The van der Waals surface area contributed by atoms with Crippen LogP contribution in [0.4, 0.5) is 0 Å². The van der Waals surface area contributed by atoms with Gasteiger partial charge in [-0.15, -0.1) is 11.8 Å². The van der Waals surface area contributed by atoms with Gasteiger partial charge in [0.1, 0.15) is 12.0 Å². The van der Waals surface area contributed by atoms with Crippen molar-refractivity contribution < 1.29 is 54.2 Å².